The quantitative estimate of drug-likeness (QED) is 0.881. The lowest BCUT2D eigenvalue weighted by Crippen LogP contribution is -2.24. The van der Waals surface area contributed by atoms with Gasteiger partial charge < -0.3 is 15.2 Å². The van der Waals surface area contributed by atoms with Crippen LogP contribution in [-0.4, -0.2) is 21.4 Å². The second-order valence-electron chi connectivity index (χ2n) is 4.40. The van der Waals surface area contributed by atoms with Gasteiger partial charge in [-0.2, -0.15) is 0 Å². The Bertz CT molecular complexity index is 634. The summed E-state index contributed by atoms with van der Waals surface area (Å²) in [7, 11) is 1.87. The maximum Gasteiger partial charge on any atom is 0.251 e. The Hall–Kier alpha value is -2.63. The van der Waals surface area contributed by atoms with Crippen molar-refractivity contribution >= 4 is 17.5 Å². The first-order chi connectivity index (χ1) is 9.56. The van der Waals surface area contributed by atoms with Crippen molar-refractivity contribution in [2.45, 2.75) is 13.5 Å². The zero-order chi connectivity index (χ0) is 14.5. The Kier molecular flexibility index (Phi) is 4.14. The maximum absolute atomic E-state index is 12.0. The van der Waals surface area contributed by atoms with Crippen LogP contribution in [0.2, 0.25) is 0 Å². The molecule has 0 aliphatic heterocycles. The molecule has 0 aliphatic rings. The van der Waals surface area contributed by atoms with Crippen LogP contribution < -0.4 is 10.6 Å². The molecule has 6 heteroatoms. The Labute approximate surface area is 116 Å². The van der Waals surface area contributed by atoms with Crippen molar-refractivity contribution in [2.24, 2.45) is 7.05 Å². The normalized spacial score (nSPS) is 10.1. The van der Waals surface area contributed by atoms with E-state index >= 15 is 0 Å². The molecule has 0 radical (unpaired) electrons. The molecule has 0 aliphatic carbocycles. The van der Waals surface area contributed by atoms with E-state index in [2.05, 4.69) is 15.6 Å². The summed E-state index contributed by atoms with van der Waals surface area (Å²) in [6, 6.07) is 6.78. The van der Waals surface area contributed by atoms with Crippen LogP contribution >= 0.6 is 0 Å². The molecule has 6 nitrogen and oxygen atoms in total. The Morgan fingerprint density at radius 1 is 1.35 bits per heavy atom. The second-order valence-corrected chi connectivity index (χ2v) is 4.40. The number of amides is 2. The van der Waals surface area contributed by atoms with Gasteiger partial charge in [0.25, 0.3) is 5.91 Å². The molecular formula is C14H16N4O2. The van der Waals surface area contributed by atoms with Crippen LogP contribution in [0.4, 0.5) is 5.69 Å². The highest BCUT2D eigenvalue weighted by molar-refractivity contribution is 5.96. The minimum absolute atomic E-state index is 0.171. The molecule has 20 heavy (non-hydrogen) atoms. The highest BCUT2D eigenvalue weighted by atomic mass is 16.2. The van der Waals surface area contributed by atoms with Crippen molar-refractivity contribution in [1.82, 2.24) is 14.9 Å². The fourth-order valence-corrected chi connectivity index (χ4v) is 1.77. The molecule has 2 amide bonds. The average molecular weight is 272 g/mol. The largest absolute Gasteiger partial charge is 0.345 e. The van der Waals surface area contributed by atoms with Gasteiger partial charge in [0.2, 0.25) is 5.91 Å². The summed E-state index contributed by atoms with van der Waals surface area (Å²) in [6.07, 6.45) is 3.50. The number of aromatic nitrogens is 2. The van der Waals surface area contributed by atoms with Gasteiger partial charge in [-0.25, -0.2) is 4.98 Å². The van der Waals surface area contributed by atoms with Crippen LogP contribution in [0.3, 0.4) is 0 Å². The van der Waals surface area contributed by atoms with Gasteiger partial charge in [0.15, 0.2) is 0 Å². The predicted octanol–water partition coefficient (Wildman–Crippen LogP) is 1.31. The third-order valence-electron chi connectivity index (χ3n) is 2.77. The van der Waals surface area contributed by atoms with Crippen molar-refractivity contribution in [3.63, 3.8) is 0 Å². The number of nitrogens with one attached hydrogen (secondary N) is 2. The van der Waals surface area contributed by atoms with Crippen molar-refractivity contribution < 1.29 is 9.59 Å². The van der Waals surface area contributed by atoms with E-state index in [1.165, 1.54) is 6.92 Å². The van der Waals surface area contributed by atoms with E-state index in [0.717, 1.165) is 5.82 Å². The van der Waals surface area contributed by atoms with Crippen molar-refractivity contribution in [2.75, 3.05) is 5.32 Å². The van der Waals surface area contributed by atoms with Crippen molar-refractivity contribution in [1.29, 1.82) is 0 Å². The minimum Gasteiger partial charge on any atom is -0.345 e. The molecule has 104 valence electrons. The van der Waals surface area contributed by atoms with Gasteiger partial charge in [0.1, 0.15) is 5.82 Å². The average Bonchev–Trinajstić information content (AvgIpc) is 2.81. The molecular weight excluding hydrogens is 256 g/mol. The molecule has 2 N–H and O–H groups in total. The number of benzene rings is 1. The number of carbonyl (C=O) groups is 2. The molecule has 0 unspecified atom stereocenters. The molecule has 1 aromatic heterocycles. The van der Waals surface area contributed by atoms with E-state index < -0.39 is 0 Å². The number of nitrogens with zero attached hydrogens (tertiary/aromatic N) is 2. The zero-order valence-corrected chi connectivity index (χ0v) is 11.4. The van der Waals surface area contributed by atoms with E-state index in [0.29, 0.717) is 17.8 Å². The zero-order valence-electron chi connectivity index (χ0n) is 11.4. The highest BCUT2D eigenvalue weighted by Gasteiger charge is 2.08. The summed E-state index contributed by atoms with van der Waals surface area (Å²) in [5.41, 5.74) is 1.09. The summed E-state index contributed by atoms with van der Waals surface area (Å²) >= 11 is 0. The fraction of sp³-hybridized carbons (Fsp3) is 0.214. The SMILES string of the molecule is CC(=O)Nc1cccc(C(=O)NCc2nccn2C)c1. The molecule has 0 fully saturated rings. The number of hydrogen-bond acceptors (Lipinski definition) is 3. The topological polar surface area (TPSA) is 76.0 Å². The highest BCUT2D eigenvalue weighted by Crippen LogP contribution is 2.10. The van der Waals surface area contributed by atoms with E-state index in [1.807, 2.05) is 17.8 Å². The lowest BCUT2D eigenvalue weighted by molar-refractivity contribution is -0.114. The van der Waals surface area contributed by atoms with E-state index in [-0.39, 0.29) is 11.8 Å². The molecule has 1 aromatic carbocycles. The second kappa shape index (κ2) is 6.01. The molecule has 0 spiro atoms. The van der Waals surface area contributed by atoms with Gasteiger partial charge in [-0.1, -0.05) is 6.07 Å². The first-order valence-corrected chi connectivity index (χ1v) is 6.18. The molecule has 1 heterocycles. The number of carbonyl (C=O) groups excluding carboxylic acids is 2. The van der Waals surface area contributed by atoms with Crippen LogP contribution in [-0.2, 0) is 18.4 Å². The van der Waals surface area contributed by atoms with Crippen LogP contribution in [0.25, 0.3) is 0 Å². The third kappa shape index (κ3) is 3.44. The summed E-state index contributed by atoms with van der Waals surface area (Å²) in [4.78, 5) is 27.1. The van der Waals surface area contributed by atoms with Crippen LogP contribution in [0, 0.1) is 0 Å². The Balaban J connectivity index is 2.02. The fourth-order valence-electron chi connectivity index (χ4n) is 1.77. The first-order valence-electron chi connectivity index (χ1n) is 6.18. The Morgan fingerprint density at radius 2 is 2.15 bits per heavy atom. The van der Waals surface area contributed by atoms with E-state index in [4.69, 9.17) is 0 Å². The van der Waals surface area contributed by atoms with Gasteiger partial charge in [-0.05, 0) is 18.2 Å². The summed E-state index contributed by atoms with van der Waals surface area (Å²) in [5.74, 6) is 0.395. The molecule has 0 saturated heterocycles. The molecule has 0 atom stereocenters. The maximum atomic E-state index is 12.0. The summed E-state index contributed by atoms with van der Waals surface area (Å²) in [6.45, 7) is 1.78. The minimum atomic E-state index is -0.208. The van der Waals surface area contributed by atoms with Gasteiger partial charge >= 0.3 is 0 Å². The van der Waals surface area contributed by atoms with Gasteiger partial charge in [-0.15, -0.1) is 0 Å². The lowest BCUT2D eigenvalue weighted by Gasteiger charge is -2.07. The van der Waals surface area contributed by atoms with Crippen LogP contribution in [0.1, 0.15) is 23.1 Å². The van der Waals surface area contributed by atoms with Gasteiger partial charge in [0.05, 0.1) is 6.54 Å². The number of aryl methyl sites for hydroxylation is 1. The summed E-state index contributed by atoms with van der Waals surface area (Å²) < 4.78 is 1.84. The molecule has 0 saturated carbocycles. The van der Waals surface area contributed by atoms with Crippen LogP contribution in [0.15, 0.2) is 36.7 Å². The van der Waals surface area contributed by atoms with E-state index in [1.54, 1.807) is 30.5 Å². The Morgan fingerprint density at radius 3 is 2.80 bits per heavy atom. The predicted molar refractivity (Wildman–Crippen MR) is 75.1 cm³/mol. The first kappa shape index (κ1) is 13.8. The number of imidazole rings is 1. The summed E-state index contributed by atoms with van der Waals surface area (Å²) in [5, 5.41) is 5.43. The smallest absolute Gasteiger partial charge is 0.251 e. The van der Waals surface area contributed by atoms with Gasteiger partial charge in [-0.3, -0.25) is 9.59 Å². The number of anilines is 1. The number of hydrogen-bond donors (Lipinski definition) is 2. The monoisotopic (exact) mass is 272 g/mol. The van der Waals surface area contributed by atoms with Crippen LogP contribution in [0.5, 0.6) is 0 Å². The third-order valence-corrected chi connectivity index (χ3v) is 2.77. The van der Waals surface area contributed by atoms with E-state index in [9.17, 15) is 9.59 Å². The van der Waals surface area contributed by atoms with Crippen molar-refractivity contribution in [3.05, 3.63) is 48.0 Å². The molecule has 2 rings (SSSR count). The lowest BCUT2D eigenvalue weighted by atomic mass is 10.2. The standard InChI is InChI=1S/C14H16N4O2/c1-10(19)17-12-5-3-4-11(8-12)14(20)16-9-13-15-6-7-18(13)2/h3-8H,9H2,1-2H3,(H,16,20)(H,17,19). The van der Waals surface area contributed by atoms with Crippen molar-refractivity contribution in [3.8, 4) is 0 Å². The van der Waals surface area contributed by atoms with Gasteiger partial charge in [0, 0.05) is 37.6 Å². The molecule has 2 aromatic rings. The molecule has 0 bridgehead atoms. The number of rotatable bonds is 4.